The Morgan fingerprint density at radius 1 is 1.29 bits per heavy atom. The largest absolute Gasteiger partial charge is 0.366 e. The summed E-state index contributed by atoms with van der Waals surface area (Å²) in [4.78, 5) is 11.7. The summed E-state index contributed by atoms with van der Waals surface area (Å²) < 4.78 is 5.45. The van der Waals surface area contributed by atoms with E-state index in [0.29, 0.717) is 0 Å². The molecule has 1 aliphatic carbocycles. The third kappa shape index (κ3) is 6.03. The lowest BCUT2D eigenvalue weighted by Crippen LogP contribution is -2.48. The quantitative estimate of drug-likeness (QED) is 0.738. The van der Waals surface area contributed by atoms with Crippen molar-refractivity contribution in [1.29, 1.82) is 0 Å². The molecule has 3 N–H and O–H groups in total. The molecule has 0 aromatic carbocycles. The summed E-state index contributed by atoms with van der Waals surface area (Å²) >= 11 is 0. The molecule has 4 nitrogen and oxygen atoms in total. The van der Waals surface area contributed by atoms with Crippen LogP contribution in [0, 0.1) is 0 Å². The molecule has 0 spiro atoms. The fourth-order valence-electron chi connectivity index (χ4n) is 2.05. The SMILES string of the molecule is CC(C)(C)OCC(=O)NC1CCCCCC1N. The van der Waals surface area contributed by atoms with Gasteiger partial charge < -0.3 is 15.8 Å². The minimum Gasteiger partial charge on any atom is -0.366 e. The molecule has 17 heavy (non-hydrogen) atoms. The standard InChI is InChI=1S/C13H26N2O2/c1-13(2,3)17-9-12(16)15-11-8-6-4-5-7-10(11)14/h10-11H,4-9,14H2,1-3H3,(H,15,16). The molecule has 1 fully saturated rings. The highest BCUT2D eigenvalue weighted by Crippen LogP contribution is 2.16. The summed E-state index contributed by atoms with van der Waals surface area (Å²) in [5, 5.41) is 2.99. The van der Waals surface area contributed by atoms with Crippen molar-refractivity contribution in [2.45, 2.75) is 70.6 Å². The lowest BCUT2D eigenvalue weighted by atomic mass is 10.0. The van der Waals surface area contributed by atoms with E-state index in [1.807, 2.05) is 20.8 Å². The van der Waals surface area contributed by atoms with Crippen molar-refractivity contribution in [2.75, 3.05) is 6.61 Å². The van der Waals surface area contributed by atoms with Gasteiger partial charge in [0.2, 0.25) is 5.91 Å². The molecular formula is C13H26N2O2. The maximum atomic E-state index is 11.7. The van der Waals surface area contributed by atoms with Gasteiger partial charge in [-0.05, 0) is 33.6 Å². The van der Waals surface area contributed by atoms with Crippen LogP contribution in [0.2, 0.25) is 0 Å². The van der Waals surface area contributed by atoms with E-state index in [4.69, 9.17) is 10.5 Å². The molecule has 1 amide bonds. The Balaban J connectivity index is 2.33. The van der Waals surface area contributed by atoms with E-state index in [-0.39, 0.29) is 30.2 Å². The maximum Gasteiger partial charge on any atom is 0.246 e. The fraction of sp³-hybridized carbons (Fsp3) is 0.923. The molecule has 0 aromatic rings. The minimum absolute atomic E-state index is 0.0534. The van der Waals surface area contributed by atoms with Crippen LogP contribution in [0.1, 0.15) is 52.9 Å². The second kappa shape index (κ2) is 6.36. The molecule has 4 heteroatoms. The number of amides is 1. The maximum absolute atomic E-state index is 11.7. The van der Waals surface area contributed by atoms with E-state index in [1.165, 1.54) is 12.8 Å². The van der Waals surface area contributed by atoms with Crippen molar-refractivity contribution in [2.24, 2.45) is 5.73 Å². The number of ether oxygens (including phenoxy) is 1. The number of hydrogen-bond donors (Lipinski definition) is 2. The van der Waals surface area contributed by atoms with Gasteiger partial charge in [0.15, 0.2) is 0 Å². The zero-order chi connectivity index (χ0) is 12.9. The van der Waals surface area contributed by atoms with E-state index in [2.05, 4.69) is 5.32 Å². The van der Waals surface area contributed by atoms with Crippen LogP contribution in [-0.4, -0.2) is 30.2 Å². The smallest absolute Gasteiger partial charge is 0.246 e. The van der Waals surface area contributed by atoms with E-state index in [1.54, 1.807) is 0 Å². The van der Waals surface area contributed by atoms with Gasteiger partial charge >= 0.3 is 0 Å². The predicted octanol–water partition coefficient (Wildman–Crippen LogP) is 1.58. The van der Waals surface area contributed by atoms with Crippen LogP contribution in [0.25, 0.3) is 0 Å². The topological polar surface area (TPSA) is 64.3 Å². The fourth-order valence-corrected chi connectivity index (χ4v) is 2.05. The van der Waals surface area contributed by atoms with Gasteiger partial charge in [-0.25, -0.2) is 0 Å². The number of hydrogen-bond acceptors (Lipinski definition) is 3. The second-order valence-corrected chi connectivity index (χ2v) is 5.88. The van der Waals surface area contributed by atoms with Gasteiger partial charge in [-0.15, -0.1) is 0 Å². The highest BCUT2D eigenvalue weighted by Gasteiger charge is 2.22. The molecule has 1 aliphatic rings. The Labute approximate surface area is 104 Å². The van der Waals surface area contributed by atoms with Crippen LogP contribution in [-0.2, 0) is 9.53 Å². The summed E-state index contributed by atoms with van der Waals surface area (Å²) in [7, 11) is 0. The van der Waals surface area contributed by atoms with E-state index in [0.717, 1.165) is 19.3 Å². The van der Waals surface area contributed by atoms with Crippen LogP contribution in [0.4, 0.5) is 0 Å². The highest BCUT2D eigenvalue weighted by molar-refractivity contribution is 5.77. The Kier molecular flexibility index (Phi) is 5.40. The molecule has 0 bridgehead atoms. The lowest BCUT2D eigenvalue weighted by Gasteiger charge is -2.24. The summed E-state index contributed by atoms with van der Waals surface area (Å²) in [6.45, 7) is 5.94. The first-order chi connectivity index (χ1) is 7.88. The zero-order valence-electron chi connectivity index (χ0n) is 11.3. The third-order valence-corrected chi connectivity index (χ3v) is 3.05. The van der Waals surface area contributed by atoms with E-state index >= 15 is 0 Å². The van der Waals surface area contributed by atoms with Crippen molar-refractivity contribution in [3.63, 3.8) is 0 Å². The number of rotatable bonds is 3. The first-order valence-corrected chi connectivity index (χ1v) is 6.57. The molecule has 2 atom stereocenters. The first kappa shape index (κ1) is 14.5. The zero-order valence-corrected chi connectivity index (χ0v) is 11.3. The van der Waals surface area contributed by atoms with Gasteiger partial charge in [0.25, 0.3) is 0 Å². The van der Waals surface area contributed by atoms with Gasteiger partial charge in [0.1, 0.15) is 6.61 Å². The minimum atomic E-state index is -0.275. The van der Waals surface area contributed by atoms with Gasteiger partial charge in [0, 0.05) is 12.1 Å². The Morgan fingerprint density at radius 3 is 2.59 bits per heavy atom. The summed E-state index contributed by atoms with van der Waals surface area (Å²) in [6, 6.07) is 0.213. The molecule has 1 saturated carbocycles. The third-order valence-electron chi connectivity index (χ3n) is 3.05. The van der Waals surface area contributed by atoms with Gasteiger partial charge in [-0.2, -0.15) is 0 Å². The Bertz CT molecular complexity index is 248. The number of nitrogens with one attached hydrogen (secondary N) is 1. The molecule has 2 unspecified atom stereocenters. The summed E-state index contributed by atoms with van der Waals surface area (Å²) in [6.07, 6.45) is 5.54. The summed E-state index contributed by atoms with van der Waals surface area (Å²) in [5.74, 6) is -0.0534. The normalized spacial score (nSPS) is 26.4. The Morgan fingerprint density at radius 2 is 1.94 bits per heavy atom. The van der Waals surface area contributed by atoms with Crippen LogP contribution in [0.15, 0.2) is 0 Å². The van der Waals surface area contributed by atoms with Crippen molar-refractivity contribution in [1.82, 2.24) is 5.32 Å². The second-order valence-electron chi connectivity index (χ2n) is 5.88. The van der Waals surface area contributed by atoms with Crippen LogP contribution >= 0.6 is 0 Å². The molecule has 0 aromatic heterocycles. The lowest BCUT2D eigenvalue weighted by molar-refractivity contribution is -0.131. The van der Waals surface area contributed by atoms with Crippen LogP contribution in [0.5, 0.6) is 0 Å². The summed E-state index contributed by atoms with van der Waals surface area (Å²) in [5.41, 5.74) is 5.78. The van der Waals surface area contributed by atoms with Crippen molar-refractivity contribution < 1.29 is 9.53 Å². The first-order valence-electron chi connectivity index (χ1n) is 6.57. The van der Waals surface area contributed by atoms with Crippen LogP contribution < -0.4 is 11.1 Å². The molecule has 0 radical (unpaired) electrons. The molecule has 100 valence electrons. The Hall–Kier alpha value is -0.610. The van der Waals surface area contributed by atoms with Crippen molar-refractivity contribution >= 4 is 5.91 Å². The number of nitrogens with two attached hydrogens (primary N) is 1. The van der Waals surface area contributed by atoms with Crippen molar-refractivity contribution in [3.05, 3.63) is 0 Å². The van der Waals surface area contributed by atoms with Crippen LogP contribution in [0.3, 0.4) is 0 Å². The molecule has 0 heterocycles. The van der Waals surface area contributed by atoms with E-state index < -0.39 is 0 Å². The van der Waals surface area contributed by atoms with E-state index in [9.17, 15) is 4.79 Å². The average Bonchev–Trinajstić information content (AvgIpc) is 2.41. The monoisotopic (exact) mass is 242 g/mol. The van der Waals surface area contributed by atoms with Gasteiger partial charge in [0.05, 0.1) is 5.60 Å². The van der Waals surface area contributed by atoms with Gasteiger partial charge in [-0.1, -0.05) is 19.3 Å². The molecule has 0 aliphatic heterocycles. The average molecular weight is 242 g/mol. The highest BCUT2D eigenvalue weighted by atomic mass is 16.5. The molecule has 0 saturated heterocycles. The molecular weight excluding hydrogens is 216 g/mol. The molecule has 1 rings (SSSR count). The van der Waals surface area contributed by atoms with Crippen molar-refractivity contribution in [3.8, 4) is 0 Å². The van der Waals surface area contributed by atoms with Gasteiger partial charge in [-0.3, -0.25) is 4.79 Å². The predicted molar refractivity (Wildman–Crippen MR) is 68.7 cm³/mol. The number of carbonyl (C=O) groups excluding carboxylic acids is 1. The number of carbonyl (C=O) groups is 1.